The molecule has 3 amide bonds. The molecule has 2 aromatic carbocycles. The van der Waals surface area contributed by atoms with Crippen LogP contribution in [0, 0.1) is 0 Å². The lowest BCUT2D eigenvalue weighted by Crippen LogP contribution is -2.24. The molecule has 144 valence electrons. The molecule has 0 aromatic heterocycles. The van der Waals surface area contributed by atoms with E-state index in [4.69, 9.17) is 9.47 Å². The molecule has 7 nitrogen and oxygen atoms in total. The molecule has 2 heterocycles. The van der Waals surface area contributed by atoms with Crippen molar-refractivity contribution in [2.75, 3.05) is 19.0 Å². The Labute approximate surface area is 162 Å². The summed E-state index contributed by atoms with van der Waals surface area (Å²) in [6, 6.07) is 8.13. The summed E-state index contributed by atoms with van der Waals surface area (Å²) in [7, 11) is 1.42. The van der Waals surface area contributed by atoms with E-state index in [9.17, 15) is 14.4 Å². The molecule has 28 heavy (non-hydrogen) atoms. The molecule has 0 saturated carbocycles. The third-order valence-corrected chi connectivity index (χ3v) is 4.90. The van der Waals surface area contributed by atoms with Gasteiger partial charge >= 0.3 is 0 Å². The number of hydrogen-bond donors (Lipinski definition) is 1. The first-order valence-corrected chi connectivity index (χ1v) is 9.13. The highest BCUT2D eigenvalue weighted by Crippen LogP contribution is 2.38. The van der Waals surface area contributed by atoms with Crippen molar-refractivity contribution in [1.82, 2.24) is 4.90 Å². The number of anilines is 1. The molecule has 0 aliphatic carbocycles. The highest BCUT2D eigenvalue weighted by molar-refractivity contribution is 6.22. The summed E-state index contributed by atoms with van der Waals surface area (Å²) in [6.45, 7) is 4.32. The van der Waals surface area contributed by atoms with Crippen LogP contribution in [0.5, 0.6) is 11.5 Å². The largest absolute Gasteiger partial charge is 0.492 e. The Morgan fingerprint density at radius 2 is 1.96 bits per heavy atom. The number of carbonyl (C=O) groups is 3. The van der Waals surface area contributed by atoms with Crippen molar-refractivity contribution in [2.24, 2.45) is 0 Å². The zero-order chi connectivity index (χ0) is 20.0. The number of imide groups is 1. The lowest BCUT2D eigenvalue weighted by molar-refractivity contribution is 0.0693. The highest BCUT2D eigenvalue weighted by atomic mass is 16.5. The molecule has 4 rings (SSSR count). The second-order valence-electron chi connectivity index (χ2n) is 6.91. The number of rotatable bonds is 4. The van der Waals surface area contributed by atoms with Gasteiger partial charge in [-0.1, -0.05) is 0 Å². The van der Waals surface area contributed by atoms with E-state index in [0.29, 0.717) is 23.6 Å². The number of nitrogens with zero attached hydrogens (tertiary/aromatic N) is 1. The van der Waals surface area contributed by atoms with Gasteiger partial charge in [-0.2, -0.15) is 0 Å². The van der Waals surface area contributed by atoms with Gasteiger partial charge < -0.3 is 14.8 Å². The van der Waals surface area contributed by atoms with E-state index in [-0.39, 0.29) is 23.1 Å². The molecule has 2 aliphatic rings. The van der Waals surface area contributed by atoms with Crippen molar-refractivity contribution >= 4 is 23.4 Å². The van der Waals surface area contributed by atoms with E-state index in [1.54, 1.807) is 6.07 Å². The molecule has 1 unspecified atom stereocenters. The van der Waals surface area contributed by atoms with Crippen molar-refractivity contribution in [2.45, 2.75) is 26.4 Å². The summed E-state index contributed by atoms with van der Waals surface area (Å²) >= 11 is 0. The van der Waals surface area contributed by atoms with E-state index < -0.39 is 11.8 Å². The van der Waals surface area contributed by atoms with Gasteiger partial charge in [0.25, 0.3) is 17.7 Å². The average Bonchev–Trinajstić information content (AvgIpc) is 3.13. The second-order valence-corrected chi connectivity index (χ2v) is 6.91. The predicted molar refractivity (Wildman–Crippen MR) is 102 cm³/mol. The molecule has 0 fully saturated rings. The van der Waals surface area contributed by atoms with Crippen molar-refractivity contribution in [1.29, 1.82) is 0 Å². The third kappa shape index (κ3) is 2.89. The molecule has 2 aliphatic heterocycles. The van der Waals surface area contributed by atoms with Crippen LogP contribution in [-0.2, 0) is 6.42 Å². The zero-order valence-corrected chi connectivity index (χ0v) is 15.9. The van der Waals surface area contributed by atoms with Crippen LogP contribution in [0.3, 0.4) is 0 Å². The Bertz CT molecular complexity index is 1010. The first kappa shape index (κ1) is 18.0. The summed E-state index contributed by atoms with van der Waals surface area (Å²) in [5.74, 6) is 0.117. The number of nitrogens with one attached hydrogen (secondary N) is 1. The van der Waals surface area contributed by atoms with E-state index in [2.05, 4.69) is 5.32 Å². The number of amides is 3. The molecule has 0 radical (unpaired) electrons. The minimum absolute atomic E-state index is 0.0766. The monoisotopic (exact) mass is 380 g/mol. The lowest BCUT2D eigenvalue weighted by atomic mass is 10.0. The van der Waals surface area contributed by atoms with Crippen molar-refractivity contribution in [3.8, 4) is 11.5 Å². The Hall–Kier alpha value is -3.35. The van der Waals surface area contributed by atoms with E-state index in [1.807, 2.05) is 19.9 Å². The molecule has 7 heteroatoms. The number of ether oxygens (including phenoxy) is 2. The van der Waals surface area contributed by atoms with Crippen LogP contribution in [0.15, 0.2) is 30.3 Å². The fourth-order valence-corrected chi connectivity index (χ4v) is 3.51. The van der Waals surface area contributed by atoms with Gasteiger partial charge in [0.15, 0.2) is 0 Å². The van der Waals surface area contributed by atoms with Crippen molar-refractivity contribution in [3.05, 3.63) is 52.6 Å². The van der Waals surface area contributed by atoms with Gasteiger partial charge in [0, 0.05) is 30.7 Å². The summed E-state index contributed by atoms with van der Waals surface area (Å²) in [5, 5.41) is 2.83. The van der Waals surface area contributed by atoms with E-state index >= 15 is 0 Å². The highest BCUT2D eigenvalue weighted by Gasteiger charge is 2.33. The van der Waals surface area contributed by atoms with Crippen LogP contribution in [-0.4, -0.2) is 42.4 Å². The van der Waals surface area contributed by atoms with E-state index in [0.717, 1.165) is 22.6 Å². The Morgan fingerprint density at radius 1 is 1.21 bits per heavy atom. The van der Waals surface area contributed by atoms with Gasteiger partial charge in [0.1, 0.15) is 17.6 Å². The van der Waals surface area contributed by atoms with E-state index in [1.165, 1.54) is 25.2 Å². The topological polar surface area (TPSA) is 84.9 Å². The molecule has 0 saturated heterocycles. The number of benzene rings is 2. The van der Waals surface area contributed by atoms with Crippen LogP contribution in [0.2, 0.25) is 0 Å². The van der Waals surface area contributed by atoms with Gasteiger partial charge in [-0.25, -0.2) is 0 Å². The molecule has 1 N–H and O–H groups in total. The standard InChI is InChI=1S/C21H20N2O5/c1-4-27-18-9-13-7-11(2)28-17(13)10-16(18)22-19(24)12-5-6-14-15(8-12)21(26)23(3)20(14)25/h5-6,8-11H,4,7H2,1-3H3,(H,22,24). The Kier molecular flexibility index (Phi) is 4.30. The van der Waals surface area contributed by atoms with Crippen molar-refractivity contribution < 1.29 is 23.9 Å². The first-order valence-electron chi connectivity index (χ1n) is 9.13. The molecule has 2 aromatic rings. The smallest absolute Gasteiger partial charge is 0.261 e. The molecule has 1 atom stereocenters. The zero-order valence-electron chi connectivity index (χ0n) is 15.9. The molecular formula is C21H20N2O5. The number of fused-ring (bicyclic) bond motifs is 2. The average molecular weight is 380 g/mol. The normalized spacial score (nSPS) is 17.2. The first-order chi connectivity index (χ1) is 13.4. The maximum Gasteiger partial charge on any atom is 0.261 e. The summed E-state index contributed by atoms with van der Waals surface area (Å²) in [4.78, 5) is 38.0. The summed E-state index contributed by atoms with van der Waals surface area (Å²) in [6.07, 6.45) is 0.866. The van der Waals surface area contributed by atoms with Crippen molar-refractivity contribution in [3.63, 3.8) is 0 Å². The van der Waals surface area contributed by atoms with Crippen LogP contribution >= 0.6 is 0 Å². The molecular weight excluding hydrogens is 360 g/mol. The lowest BCUT2D eigenvalue weighted by Gasteiger charge is -2.14. The van der Waals surface area contributed by atoms with Crippen LogP contribution in [0.4, 0.5) is 5.69 Å². The maximum absolute atomic E-state index is 12.8. The van der Waals surface area contributed by atoms with Crippen LogP contribution in [0.25, 0.3) is 0 Å². The molecule has 0 spiro atoms. The fourth-order valence-electron chi connectivity index (χ4n) is 3.51. The second kappa shape index (κ2) is 6.67. The maximum atomic E-state index is 12.8. The van der Waals surface area contributed by atoms with Crippen LogP contribution in [0.1, 0.15) is 50.5 Å². The third-order valence-electron chi connectivity index (χ3n) is 4.90. The minimum Gasteiger partial charge on any atom is -0.492 e. The van der Waals surface area contributed by atoms with Gasteiger partial charge in [0.2, 0.25) is 0 Å². The number of carbonyl (C=O) groups excluding carboxylic acids is 3. The van der Waals surface area contributed by atoms with Crippen LogP contribution < -0.4 is 14.8 Å². The molecule has 0 bridgehead atoms. The van der Waals surface area contributed by atoms with Gasteiger partial charge in [-0.3, -0.25) is 19.3 Å². The Balaban J connectivity index is 1.64. The Morgan fingerprint density at radius 3 is 2.71 bits per heavy atom. The summed E-state index contributed by atoms with van der Waals surface area (Å²) in [5.41, 5.74) is 2.36. The predicted octanol–water partition coefficient (Wildman–Crippen LogP) is 2.89. The minimum atomic E-state index is -0.412. The number of hydrogen-bond acceptors (Lipinski definition) is 5. The summed E-state index contributed by atoms with van der Waals surface area (Å²) < 4.78 is 11.4. The van der Waals surface area contributed by atoms with Gasteiger partial charge in [0.05, 0.1) is 23.4 Å². The van der Waals surface area contributed by atoms with Gasteiger partial charge in [-0.15, -0.1) is 0 Å². The quantitative estimate of drug-likeness (QED) is 0.825. The fraction of sp³-hybridized carbons (Fsp3) is 0.286. The SMILES string of the molecule is CCOc1cc2c(cc1NC(=O)c1ccc3c(c1)C(=O)N(C)C3=O)OC(C)C2. The van der Waals surface area contributed by atoms with Gasteiger partial charge in [-0.05, 0) is 38.1 Å².